The largest absolute Gasteiger partial charge is 0.399 e. The first-order valence-electron chi connectivity index (χ1n) is 6.91. The van der Waals surface area contributed by atoms with Crippen LogP contribution in [-0.2, 0) is 16.1 Å². The van der Waals surface area contributed by atoms with Gasteiger partial charge >= 0.3 is 0 Å². The number of carbonyl (C=O) groups excluding carboxylic acids is 1. The minimum absolute atomic E-state index is 0.120. The van der Waals surface area contributed by atoms with Crippen LogP contribution in [0, 0.1) is 5.92 Å². The molecule has 0 unspecified atom stereocenters. The summed E-state index contributed by atoms with van der Waals surface area (Å²) in [5.74, 6) is 0.364. The number of anilines is 1. The first-order valence-corrected chi connectivity index (χ1v) is 6.91. The van der Waals surface area contributed by atoms with Crippen LogP contribution in [0.3, 0.4) is 0 Å². The highest BCUT2D eigenvalue weighted by Crippen LogP contribution is 2.19. The Morgan fingerprint density at radius 2 is 2.16 bits per heavy atom. The number of rotatable bonds is 4. The highest BCUT2D eigenvalue weighted by atomic mass is 16.5. The number of hydrogen-bond donors (Lipinski definition) is 1. The Bertz CT molecular complexity index is 428. The zero-order valence-corrected chi connectivity index (χ0v) is 11.5. The molecule has 0 aliphatic carbocycles. The van der Waals surface area contributed by atoms with Gasteiger partial charge in [0.05, 0.1) is 0 Å². The molecule has 19 heavy (non-hydrogen) atoms. The molecule has 1 heterocycles. The maximum atomic E-state index is 12.5. The van der Waals surface area contributed by atoms with Gasteiger partial charge in [0.1, 0.15) is 0 Å². The summed E-state index contributed by atoms with van der Waals surface area (Å²) in [7, 11) is 0. The number of nitrogens with zero attached hydrogens (tertiary/aromatic N) is 1. The number of carbonyl (C=O) groups is 1. The molecule has 1 aliphatic rings. The van der Waals surface area contributed by atoms with Crippen LogP contribution in [0.2, 0.25) is 0 Å². The van der Waals surface area contributed by atoms with Gasteiger partial charge < -0.3 is 15.4 Å². The fourth-order valence-corrected chi connectivity index (χ4v) is 2.46. The van der Waals surface area contributed by atoms with Crippen molar-refractivity contribution in [2.24, 2.45) is 5.92 Å². The summed E-state index contributed by atoms with van der Waals surface area (Å²) in [4.78, 5) is 14.4. The predicted molar refractivity (Wildman–Crippen MR) is 75.5 cm³/mol. The fourth-order valence-electron chi connectivity index (χ4n) is 2.46. The standard InChI is InChI=1S/C15H22N2O2/c1-2-17(11-12-4-3-5-14(16)10-12)15(18)13-6-8-19-9-7-13/h3-5,10,13H,2,6-9,11,16H2,1H3. The molecule has 1 fully saturated rings. The summed E-state index contributed by atoms with van der Waals surface area (Å²) in [6.45, 7) is 4.78. The Kier molecular flexibility index (Phi) is 4.80. The smallest absolute Gasteiger partial charge is 0.226 e. The summed E-state index contributed by atoms with van der Waals surface area (Å²) in [6.07, 6.45) is 1.68. The van der Waals surface area contributed by atoms with Gasteiger partial charge in [-0.1, -0.05) is 12.1 Å². The minimum Gasteiger partial charge on any atom is -0.399 e. The van der Waals surface area contributed by atoms with E-state index < -0.39 is 0 Å². The van der Waals surface area contributed by atoms with Crippen LogP contribution in [0.25, 0.3) is 0 Å². The Morgan fingerprint density at radius 3 is 2.79 bits per heavy atom. The average molecular weight is 262 g/mol. The summed E-state index contributed by atoms with van der Waals surface area (Å²) in [5, 5.41) is 0. The topological polar surface area (TPSA) is 55.6 Å². The summed E-state index contributed by atoms with van der Waals surface area (Å²) in [6, 6.07) is 7.73. The first-order chi connectivity index (χ1) is 9.20. The number of amides is 1. The van der Waals surface area contributed by atoms with Crippen molar-refractivity contribution in [2.45, 2.75) is 26.3 Å². The van der Waals surface area contributed by atoms with Crippen LogP contribution < -0.4 is 5.73 Å². The molecular weight excluding hydrogens is 240 g/mol. The van der Waals surface area contributed by atoms with E-state index in [-0.39, 0.29) is 11.8 Å². The lowest BCUT2D eigenvalue weighted by Gasteiger charge is -2.28. The number of nitrogen functional groups attached to an aromatic ring is 1. The Hall–Kier alpha value is -1.55. The second kappa shape index (κ2) is 6.57. The summed E-state index contributed by atoms with van der Waals surface area (Å²) in [5.41, 5.74) is 7.60. The van der Waals surface area contributed by atoms with Crippen LogP contribution in [0.4, 0.5) is 5.69 Å². The quantitative estimate of drug-likeness (QED) is 0.845. The molecule has 2 rings (SSSR count). The van der Waals surface area contributed by atoms with Crippen molar-refractivity contribution < 1.29 is 9.53 Å². The van der Waals surface area contributed by atoms with Crippen LogP contribution in [-0.4, -0.2) is 30.6 Å². The molecule has 0 atom stereocenters. The van der Waals surface area contributed by atoms with E-state index in [4.69, 9.17) is 10.5 Å². The van der Waals surface area contributed by atoms with Gasteiger partial charge in [-0.2, -0.15) is 0 Å². The summed E-state index contributed by atoms with van der Waals surface area (Å²) < 4.78 is 5.31. The average Bonchev–Trinajstić information content (AvgIpc) is 2.45. The number of benzene rings is 1. The van der Waals surface area contributed by atoms with Gasteiger partial charge in [-0.15, -0.1) is 0 Å². The molecule has 0 saturated carbocycles. The third-order valence-electron chi connectivity index (χ3n) is 3.59. The van der Waals surface area contributed by atoms with Crippen LogP contribution >= 0.6 is 0 Å². The molecule has 4 nitrogen and oxygen atoms in total. The van der Waals surface area contributed by atoms with E-state index >= 15 is 0 Å². The lowest BCUT2D eigenvalue weighted by atomic mass is 9.98. The fraction of sp³-hybridized carbons (Fsp3) is 0.533. The molecule has 1 aromatic carbocycles. The van der Waals surface area contributed by atoms with Gasteiger partial charge in [0.15, 0.2) is 0 Å². The molecule has 1 amide bonds. The highest BCUT2D eigenvalue weighted by Gasteiger charge is 2.25. The zero-order valence-electron chi connectivity index (χ0n) is 11.5. The molecule has 0 aromatic heterocycles. The Morgan fingerprint density at radius 1 is 1.42 bits per heavy atom. The van der Waals surface area contributed by atoms with Crippen molar-refractivity contribution in [3.05, 3.63) is 29.8 Å². The van der Waals surface area contributed by atoms with E-state index in [1.54, 1.807) is 0 Å². The van der Waals surface area contributed by atoms with E-state index in [0.717, 1.165) is 30.6 Å². The second-order valence-electron chi connectivity index (χ2n) is 4.98. The van der Waals surface area contributed by atoms with Crippen LogP contribution in [0.1, 0.15) is 25.3 Å². The maximum absolute atomic E-state index is 12.5. The molecule has 0 radical (unpaired) electrons. The minimum atomic E-state index is 0.120. The molecule has 104 valence electrons. The summed E-state index contributed by atoms with van der Waals surface area (Å²) >= 11 is 0. The lowest BCUT2D eigenvalue weighted by molar-refractivity contribution is -0.138. The molecule has 0 bridgehead atoms. The highest BCUT2D eigenvalue weighted by molar-refractivity contribution is 5.79. The van der Waals surface area contributed by atoms with Crippen molar-refractivity contribution >= 4 is 11.6 Å². The Labute approximate surface area is 114 Å². The van der Waals surface area contributed by atoms with Crippen molar-refractivity contribution in [1.82, 2.24) is 4.90 Å². The number of hydrogen-bond acceptors (Lipinski definition) is 3. The first kappa shape index (κ1) is 13.9. The zero-order chi connectivity index (χ0) is 13.7. The molecule has 4 heteroatoms. The van der Waals surface area contributed by atoms with Crippen molar-refractivity contribution in [2.75, 3.05) is 25.5 Å². The van der Waals surface area contributed by atoms with E-state index in [9.17, 15) is 4.79 Å². The molecule has 2 N–H and O–H groups in total. The second-order valence-corrected chi connectivity index (χ2v) is 4.98. The van der Waals surface area contributed by atoms with Gasteiger partial charge in [-0.05, 0) is 37.5 Å². The maximum Gasteiger partial charge on any atom is 0.226 e. The van der Waals surface area contributed by atoms with Gasteiger partial charge in [0.2, 0.25) is 5.91 Å². The third kappa shape index (κ3) is 3.70. The van der Waals surface area contributed by atoms with Crippen LogP contribution in [0.15, 0.2) is 24.3 Å². The van der Waals surface area contributed by atoms with Crippen molar-refractivity contribution in [3.8, 4) is 0 Å². The van der Waals surface area contributed by atoms with Gasteiger partial charge in [-0.25, -0.2) is 0 Å². The molecular formula is C15H22N2O2. The molecule has 0 spiro atoms. The lowest BCUT2D eigenvalue weighted by Crippen LogP contribution is -2.38. The third-order valence-corrected chi connectivity index (χ3v) is 3.59. The van der Waals surface area contributed by atoms with Gasteiger partial charge in [0, 0.05) is 37.9 Å². The van der Waals surface area contributed by atoms with E-state index in [2.05, 4.69) is 0 Å². The van der Waals surface area contributed by atoms with Crippen LogP contribution in [0.5, 0.6) is 0 Å². The van der Waals surface area contributed by atoms with Crippen molar-refractivity contribution in [3.63, 3.8) is 0 Å². The van der Waals surface area contributed by atoms with E-state index in [1.807, 2.05) is 36.1 Å². The monoisotopic (exact) mass is 262 g/mol. The normalized spacial score (nSPS) is 16.3. The number of nitrogens with two attached hydrogens (primary N) is 1. The van der Waals surface area contributed by atoms with E-state index in [1.165, 1.54) is 0 Å². The van der Waals surface area contributed by atoms with Gasteiger partial charge in [0.25, 0.3) is 0 Å². The molecule has 1 aliphatic heterocycles. The number of ether oxygens (including phenoxy) is 1. The van der Waals surface area contributed by atoms with E-state index in [0.29, 0.717) is 19.8 Å². The molecule has 1 saturated heterocycles. The van der Waals surface area contributed by atoms with Crippen molar-refractivity contribution in [1.29, 1.82) is 0 Å². The molecule has 1 aromatic rings. The SMILES string of the molecule is CCN(Cc1cccc(N)c1)C(=O)C1CCOCC1. The predicted octanol–water partition coefficient (Wildman–Crippen LogP) is 2.04. The van der Waals surface area contributed by atoms with Gasteiger partial charge in [-0.3, -0.25) is 4.79 Å². The Balaban J connectivity index is 2.00.